The average Bonchev–Trinajstić information content (AvgIpc) is 2.62. The van der Waals surface area contributed by atoms with Crippen molar-refractivity contribution in [3.8, 4) is 5.75 Å². The van der Waals surface area contributed by atoms with Crippen molar-refractivity contribution in [1.29, 1.82) is 0 Å². The summed E-state index contributed by atoms with van der Waals surface area (Å²) in [5.41, 5.74) is 0.885. The van der Waals surface area contributed by atoms with Crippen LogP contribution in [0.4, 0.5) is 0 Å². The van der Waals surface area contributed by atoms with Gasteiger partial charge in [-0.25, -0.2) is 0 Å². The van der Waals surface area contributed by atoms with E-state index in [0.717, 1.165) is 6.42 Å². The second-order valence-corrected chi connectivity index (χ2v) is 5.78. The normalized spacial score (nSPS) is 11.6. The summed E-state index contributed by atoms with van der Waals surface area (Å²) in [6.07, 6.45) is 0.693. The Morgan fingerprint density at radius 1 is 1.17 bits per heavy atom. The van der Waals surface area contributed by atoms with E-state index in [1.165, 1.54) is 0 Å². The SMILES string of the molecule is CCCC(Oc1ccc(Cl)cc1C(=O)c1ccccc1)C(=O)NC. The van der Waals surface area contributed by atoms with E-state index in [-0.39, 0.29) is 11.7 Å². The van der Waals surface area contributed by atoms with Gasteiger partial charge >= 0.3 is 0 Å². The van der Waals surface area contributed by atoms with Crippen LogP contribution in [0.5, 0.6) is 5.75 Å². The van der Waals surface area contributed by atoms with Gasteiger partial charge < -0.3 is 10.1 Å². The number of likely N-dealkylation sites (N-methyl/N-ethyl adjacent to an activating group) is 1. The maximum Gasteiger partial charge on any atom is 0.260 e. The quantitative estimate of drug-likeness (QED) is 0.775. The smallest absolute Gasteiger partial charge is 0.260 e. The van der Waals surface area contributed by atoms with Crippen LogP contribution in [0.1, 0.15) is 35.7 Å². The fourth-order valence-electron chi connectivity index (χ4n) is 2.35. The maximum atomic E-state index is 12.8. The van der Waals surface area contributed by atoms with Gasteiger partial charge in [0.25, 0.3) is 5.91 Å². The lowest BCUT2D eigenvalue weighted by Crippen LogP contribution is -2.36. The van der Waals surface area contributed by atoms with E-state index >= 15 is 0 Å². The third-order valence-electron chi connectivity index (χ3n) is 3.58. The highest BCUT2D eigenvalue weighted by Crippen LogP contribution is 2.27. The van der Waals surface area contributed by atoms with Crippen molar-refractivity contribution in [3.63, 3.8) is 0 Å². The Balaban J connectivity index is 2.37. The minimum Gasteiger partial charge on any atom is -0.480 e. The molecule has 2 aromatic rings. The summed E-state index contributed by atoms with van der Waals surface area (Å²) in [5, 5.41) is 3.03. The molecule has 0 heterocycles. The molecule has 5 heteroatoms. The lowest BCUT2D eigenvalue weighted by molar-refractivity contribution is -0.127. The Hall–Kier alpha value is -2.33. The zero-order valence-electron chi connectivity index (χ0n) is 13.7. The molecule has 0 radical (unpaired) electrons. The number of hydrogen-bond acceptors (Lipinski definition) is 3. The largest absolute Gasteiger partial charge is 0.480 e. The molecule has 0 saturated heterocycles. The molecule has 0 aliphatic rings. The zero-order valence-corrected chi connectivity index (χ0v) is 14.5. The van der Waals surface area contributed by atoms with Crippen LogP contribution in [-0.4, -0.2) is 24.8 Å². The first-order chi connectivity index (χ1) is 11.6. The summed E-state index contributed by atoms with van der Waals surface area (Å²) in [4.78, 5) is 24.7. The van der Waals surface area contributed by atoms with Crippen molar-refractivity contribution in [3.05, 3.63) is 64.7 Å². The number of amides is 1. The molecule has 2 rings (SSSR count). The van der Waals surface area contributed by atoms with Crippen molar-refractivity contribution in [2.45, 2.75) is 25.9 Å². The third kappa shape index (κ3) is 4.36. The molecular weight excluding hydrogens is 326 g/mol. The van der Waals surface area contributed by atoms with E-state index in [0.29, 0.717) is 28.3 Å². The highest BCUT2D eigenvalue weighted by molar-refractivity contribution is 6.31. The summed E-state index contributed by atoms with van der Waals surface area (Å²) < 4.78 is 5.84. The Morgan fingerprint density at radius 2 is 1.88 bits per heavy atom. The average molecular weight is 346 g/mol. The van der Waals surface area contributed by atoms with Crippen LogP contribution in [0.25, 0.3) is 0 Å². The predicted molar refractivity (Wildman–Crippen MR) is 94.7 cm³/mol. The van der Waals surface area contributed by atoms with Crippen molar-refractivity contribution in [2.75, 3.05) is 7.05 Å². The van der Waals surface area contributed by atoms with E-state index in [4.69, 9.17) is 16.3 Å². The van der Waals surface area contributed by atoms with Gasteiger partial charge in [0.05, 0.1) is 5.56 Å². The number of carbonyl (C=O) groups is 2. The molecular formula is C19H20ClNO3. The lowest BCUT2D eigenvalue weighted by atomic mass is 10.0. The van der Waals surface area contributed by atoms with Gasteiger partial charge in [-0.15, -0.1) is 0 Å². The Morgan fingerprint density at radius 3 is 2.50 bits per heavy atom. The lowest BCUT2D eigenvalue weighted by Gasteiger charge is -2.19. The van der Waals surface area contributed by atoms with Gasteiger partial charge in [0, 0.05) is 17.6 Å². The second kappa shape index (κ2) is 8.50. The van der Waals surface area contributed by atoms with Gasteiger partial charge in [-0.1, -0.05) is 55.3 Å². The fourth-order valence-corrected chi connectivity index (χ4v) is 2.52. The molecule has 0 saturated carbocycles. The van der Waals surface area contributed by atoms with E-state index < -0.39 is 6.10 Å². The standard InChI is InChI=1S/C19H20ClNO3/c1-3-7-17(19(23)21-2)24-16-11-10-14(20)12-15(16)18(22)13-8-5-4-6-9-13/h4-6,8-12,17H,3,7H2,1-2H3,(H,21,23). The number of benzene rings is 2. The number of nitrogens with one attached hydrogen (secondary N) is 1. The maximum absolute atomic E-state index is 12.8. The topological polar surface area (TPSA) is 55.4 Å². The number of rotatable bonds is 7. The summed E-state index contributed by atoms with van der Waals surface area (Å²) >= 11 is 6.05. The second-order valence-electron chi connectivity index (χ2n) is 5.35. The molecule has 0 fully saturated rings. The number of hydrogen-bond donors (Lipinski definition) is 1. The van der Waals surface area contributed by atoms with Crippen LogP contribution < -0.4 is 10.1 Å². The summed E-state index contributed by atoms with van der Waals surface area (Å²) in [6, 6.07) is 13.7. The molecule has 4 nitrogen and oxygen atoms in total. The van der Waals surface area contributed by atoms with Crippen LogP contribution >= 0.6 is 11.6 Å². The molecule has 0 aromatic heterocycles. The van der Waals surface area contributed by atoms with Crippen LogP contribution in [0.3, 0.4) is 0 Å². The zero-order chi connectivity index (χ0) is 17.5. The minimum absolute atomic E-state index is 0.194. The van der Waals surface area contributed by atoms with E-state index in [9.17, 15) is 9.59 Å². The Labute approximate surface area is 146 Å². The summed E-state index contributed by atoms with van der Waals surface area (Å²) in [7, 11) is 1.56. The molecule has 1 atom stereocenters. The number of carbonyl (C=O) groups excluding carboxylic acids is 2. The van der Waals surface area contributed by atoms with Gasteiger partial charge in [0.15, 0.2) is 11.9 Å². The van der Waals surface area contributed by atoms with Crippen LogP contribution in [-0.2, 0) is 4.79 Å². The molecule has 1 N–H and O–H groups in total. The fraction of sp³-hybridized carbons (Fsp3) is 0.263. The number of ether oxygens (including phenoxy) is 1. The Bertz CT molecular complexity index is 716. The molecule has 0 spiro atoms. The minimum atomic E-state index is -0.650. The molecule has 1 unspecified atom stereocenters. The van der Waals surface area contributed by atoms with Crippen molar-refractivity contribution < 1.29 is 14.3 Å². The Kier molecular flexibility index (Phi) is 6.38. The molecule has 1 amide bonds. The number of halogens is 1. The van der Waals surface area contributed by atoms with Crippen molar-refractivity contribution in [2.24, 2.45) is 0 Å². The van der Waals surface area contributed by atoms with Crippen molar-refractivity contribution >= 4 is 23.3 Å². The highest BCUT2D eigenvalue weighted by atomic mass is 35.5. The molecule has 0 bridgehead atoms. The van der Waals surface area contributed by atoms with Gasteiger partial charge in [-0.3, -0.25) is 9.59 Å². The predicted octanol–water partition coefficient (Wildman–Crippen LogP) is 3.86. The molecule has 126 valence electrons. The van der Waals surface area contributed by atoms with Gasteiger partial charge in [-0.2, -0.15) is 0 Å². The first kappa shape index (κ1) is 18.0. The van der Waals surface area contributed by atoms with Crippen LogP contribution in [0.15, 0.2) is 48.5 Å². The van der Waals surface area contributed by atoms with Crippen LogP contribution in [0.2, 0.25) is 5.02 Å². The van der Waals surface area contributed by atoms with E-state index in [1.807, 2.05) is 13.0 Å². The summed E-state index contributed by atoms with van der Waals surface area (Å²) in [6.45, 7) is 1.97. The number of ketones is 1. The molecule has 2 aromatic carbocycles. The first-order valence-electron chi connectivity index (χ1n) is 7.84. The van der Waals surface area contributed by atoms with Gasteiger partial charge in [0.2, 0.25) is 0 Å². The van der Waals surface area contributed by atoms with Crippen LogP contribution in [0, 0.1) is 0 Å². The van der Waals surface area contributed by atoms with E-state index in [1.54, 1.807) is 49.5 Å². The first-order valence-corrected chi connectivity index (χ1v) is 8.22. The van der Waals surface area contributed by atoms with Crippen molar-refractivity contribution in [1.82, 2.24) is 5.32 Å². The van der Waals surface area contributed by atoms with Gasteiger partial charge in [-0.05, 0) is 24.6 Å². The monoisotopic (exact) mass is 345 g/mol. The molecule has 0 aliphatic heterocycles. The van der Waals surface area contributed by atoms with Gasteiger partial charge in [0.1, 0.15) is 5.75 Å². The summed E-state index contributed by atoms with van der Waals surface area (Å²) in [5.74, 6) is -0.0551. The highest BCUT2D eigenvalue weighted by Gasteiger charge is 2.22. The van der Waals surface area contributed by atoms with E-state index in [2.05, 4.69) is 5.32 Å². The molecule has 0 aliphatic carbocycles. The molecule has 24 heavy (non-hydrogen) atoms. The third-order valence-corrected chi connectivity index (χ3v) is 3.82.